The molecule has 0 bridgehead atoms. The first-order chi connectivity index (χ1) is 22.3. The van der Waals surface area contributed by atoms with E-state index in [9.17, 15) is 9.59 Å². The van der Waals surface area contributed by atoms with Crippen molar-refractivity contribution < 1.29 is 19.1 Å². The summed E-state index contributed by atoms with van der Waals surface area (Å²) in [6, 6.07) is 13.8. The van der Waals surface area contributed by atoms with Crippen LogP contribution in [-0.4, -0.2) is 82.2 Å². The summed E-state index contributed by atoms with van der Waals surface area (Å²) >= 11 is 15.2. The number of halogens is 2. The maximum absolute atomic E-state index is 13.0. The summed E-state index contributed by atoms with van der Waals surface area (Å²) in [6.45, 7) is 12.9. The van der Waals surface area contributed by atoms with Crippen LogP contribution in [0.3, 0.4) is 0 Å². The molecule has 0 aliphatic carbocycles. The molecule has 2 aliphatic rings. The van der Waals surface area contributed by atoms with Gasteiger partial charge in [-0.2, -0.15) is 0 Å². The number of anilines is 1. The predicted molar refractivity (Wildman–Crippen MR) is 192 cm³/mol. The van der Waals surface area contributed by atoms with Crippen LogP contribution in [0.1, 0.15) is 53.0 Å². The molecule has 1 atom stereocenters. The van der Waals surface area contributed by atoms with Crippen LogP contribution in [0.2, 0.25) is 10.0 Å². The van der Waals surface area contributed by atoms with Gasteiger partial charge in [-0.15, -0.1) is 11.3 Å². The minimum atomic E-state index is -0.756. The topological polar surface area (TPSA) is 96.0 Å². The van der Waals surface area contributed by atoms with Crippen LogP contribution in [0.15, 0.2) is 52.2 Å². The fourth-order valence-electron chi connectivity index (χ4n) is 5.72. The molecular formula is C34H43Cl2N5O4S2. The number of piperidine rings is 1. The summed E-state index contributed by atoms with van der Waals surface area (Å²) in [6.07, 6.45) is 1.44. The number of thioether (sulfide) groups is 1. The lowest BCUT2D eigenvalue weighted by Gasteiger charge is -2.35. The van der Waals surface area contributed by atoms with E-state index in [4.69, 9.17) is 37.7 Å². The molecular weight excluding hydrogens is 677 g/mol. The lowest BCUT2D eigenvalue weighted by atomic mass is 10.0. The molecule has 2 aromatic carbocycles. The van der Waals surface area contributed by atoms with E-state index in [2.05, 4.69) is 15.5 Å². The number of likely N-dealkylation sites (tertiary alicyclic amines) is 1. The van der Waals surface area contributed by atoms with Gasteiger partial charge in [0.2, 0.25) is 5.91 Å². The summed E-state index contributed by atoms with van der Waals surface area (Å²) < 4.78 is 12.4. The van der Waals surface area contributed by atoms with E-state index in [0.29, 0.717) is 28.9 Å². The average Bonchev–Trinajstić information content (AvgIpc) is 3.61. The van der Waals surface area contributed by atoms with Crippen LogP contribution in [0.5, 0.6) is 0 Å². The number of nitrogens with zero attached hydrogens (tertiary/aromatic N) is 3. The van der Waals surface area contributed by atoms with Crippen molar-refractivity contribution in [3.05, 3.63) is 63.5 Å². The highest BCUT2D eigenvalue weighted by Gasteiger charge is 2.45. The third-order valence-corrected chi connectivity index (χ3v) is 10.8. The maximum Gasteiger partial charge on any atom is 0.412 e. The SMILES string of the molecule is CC(C)(C)OC(=O)N1[C@H](CNc2cccc(-c3csc(SCC(=O)NC4CCN(Cc5ccc(Cl)c(Cl)c5)CC4)n3)c2)COC1(C)C. The number of amides is 2. The van der Waals surface area contributed by atoms with E-state index >= 15 is 0 Å². The van der Waals surface area contributed by atoms with Gasteiger partial charge in [0.25, 0.3) is 0 Å². The van der Waals surface area contributed by atoms with Crippen molar-refractivity contribution in [2.24, 2.45) is 0 Å². The highest BCUT2D eigenvalue weighted by Crippen LogP contribution is 2.32. The summed E-state index contributed by atoms with van der Waals surface area (Å²) in [5, 5.41) is 9.82. The first-order valence-electron chi connectivity index (χ1n) is 15.8. The Hall–Kier alpha value is -2.54. The Morgan fingerprint density at radius 1 is 1.13 bits per heavy atom. The van der Waals surface area contributed by atoms with Crippen molar-refractivity contribution in [3.63, 3.8) is 0 Å². The number of hydrogen-bond donors (Lipinski definition) is 2. The van der Waals surface area contributed by atoms with Gasteiger partial charge in [-0.05, 0) is 77.3 Å². The van der Waals surface area contributed by atoms with Gasteiger partial charge in [0.05, 0.1) is 34.1 Å². The van der Waals surface area contributed by atoms with E-state index in [-0.39, 0.29) is 24.1 Å². The zero-order valence-electron chi connectivity index (χ0n) is 27.5. The minimum absolute atomic E-state index is 0.0281. The molecule has 0 spiro atoms. The number of aromatic nitrogens is 1. The molecule has 2 N–H and O–H groups in total. The summed E-state index contributed by atoms with van der Waals surface area (Å²) in [7, 11) is 0. The molecule has 3 heterocycles. The van der Waals surface area contributed by atoms with Gasteiger partial charge in [-0.25, -0.2) is 9.78 Å². The van der Waals surface area contributed by atoms with Crippen molar-refractivity contribution in [1.82, 2.24) is 20.1 Å². The molecule has 254 valence electrons. The van der Waals surface area contributed by atoms with Crippen molar-refractivity contribution >= 4 is 64.0 Å². The minimum Gasteiger partial charge on any atom is -0.444 e. The molecule has 2 saturated heterocycles. The largest absolute Gasteiger partial charge is 0.444 e. The monoisotopic (exact) mass is 719 g/mol. The molecule has 2 fully saturated rings. The lowest BCUT2D eigenvalue weighted by Crippen LogP contribution is -2.51. The van der Waals surface area contributed by atoms with Crippen molar-refractivity contribution in [3.8, 4) is 11.3 Å². The maximum atomic E-state index is 13.0. The van der Waals surface area contributed by atoms with E-state index < -0.39 is 11.3 Å². The summed E-state index contributed by atoms with van der Waals surface area (Å²) in [5.74, 6) is 0.354. The third-order valence-electron chi connectivity index (χ3n) is 8.02. The standard InChI is InChI=1S/C34H43Cl2N5O4S2/c1-33(2,3)45-32(43)41-26(19-44-34(41,4)5)17-37-25-8-6-7-23(16-25)29-20-46-31(39-29)47-21-30(42)38-24-11-13-40(14-12-24)18-22-9-10-27(35)28(36)15-22/h6-10,15-16,20,24,26,37H,11-14,17-19,21H2,1-5H3,(H,38,42)/t26-/m1/s1. The Balaban J connectivity index is 1.07. The third kappa shape index (κ3) is 9.99. The van der Waals surface area contributed by atoms with E-state index in [1.807, 2.05) is 82.5 Å². The number of ether oxygens (including phenoxy) is 2. The van der Waals surface area contributed by atoms with Crippen LogP contribution in [0, 0.1) is 0 Å². The Morgan fingerprint density at radius 3 is 2.62 bits per heavy atom. The van der Waals surface area contributed by atoms with Gasteiger partial charge in [-0.3, -0.25) is 14.6 Å². The molecule has 47 heavy (non-hydrogen) atoms. The van der Waals surface area contributed by atoms with Crippen molar-refractivity contribution in [2.75, 3.05) is 37.3 Å². The van der Waals surface area contributed by atoms with Gasteiger partial charge in [0, 0.05) is 48.9 Å². The fourth-order valence-corrected chi connectivity index (χ4v) is 7.69. The molecule has 3 aromatic rings. The molecule has 13 heteroatoms. The molecule has 0 unspecified atom stereocenters. The van der Waals surface area contributed by atoms with Gasteiger partial charge < -0.3 is 20.1 Å². The highest BCUT2D eigenvalue weighted by molar-refractivity contribution is 8.01. The second-order valence-corrected chi connectivity index (χ2v) is 16.3. The van der Waals surface area contributed by atoms with Crippen LogP contribution in [0.4, 0.5) is 10.5 Å². The van der Waals surface area contributed by atoms with Crippen LogP contribution < -0.4 is 10.6 Å². The second-order valence-electron chi connectivity index (χ2n) is 13.4. The van der Waals surface area contributed by atoms with Crippen molar-refractivity contribution in [2.45, 2.75) is 81.8 Å². The molecule has 0 radical (unpaired) electrons. The van der Waals surface area contributed by atoms with Gasteiger partial charge >= 0.3 is 6.09 Å². The Morgan fingerprint density at radius 2 is 1.89 bits per heavy atom. The second kappa shape index (κ2) is 15.3. The average molecular weight is 721 g/mol. The van der Waals surface area contributed by atoms with Crippen LogP contribution in [-0.2, 0) is 20.8 Å². The van der Waals surface area contributed by atoms with Gasteiger partial charge in [0.1, 0.15) is 11.3 Å². The van der Waals surface area contributed by atoms with E-state index in [1.165, 1.54) is 23.1 Å². The first kappa shape index (κ1) is 35.8. The number of nitrogens with one attached hydrogen (secondary N) is 2. The molecule has 2 aliphatic heterocycles. The molecule has 1 aromatic heterocycles. The zero-order chi connectivity index (χ0) is 33.8. The van der Waals surface area contributed by atoms with Crippen LogP contribution >= 0.6 is 46.3 Å². The zero-order valence-corrected chi connectivity index (χ0v) is 30.6. The molecule has 0 saturated carbocycles. The Bertz CT molecular complexity index is 1560. The molecule has 2 amide bonds. The first-order valence-corrected chi connectivity index (χ1v) is 18.4. The predicted octanol–water partition coefficient (Wildman–Crippen LogP) is 7.77. The molecule has 5 rings (SSSR count). The van der Waals surface area contributed by atoms with Crippen LogP contribution in [0.25, 0.3) is 11.3 Å². The van der Waals surface area contributed by atoms with Crippen molar-refractivity contribution in [1.29, 1.82) is 0 Å². The number of carbonyl (C=O) groups is 2. The summed E-state index contributed by atoms with van der Waals surface area (Å²) in [4.78, 5) is 34.6. The Labute approximate surface area is 295 Å². The number of rotatable bonds is 10. The van der Waals surface area contributed by atoms with E-state index in [1.54, 1.807) is 4.90 Å². The summed E-state index contributed by atoms with van der Waals surface area (Å²) in [5.41, 5.74) is 2.54. The lowest BCUT2D eigenvalue weighted by molar-refractivity contribution is -0.119. The fraction of sp³-hybridized carbons (Fsp3) is 0.500. The number of thiazole rings is 1. The quantitative estimate of drug-likeness (QED) is 0.205. The number of carbonyl (C=O) groups excluding carboxylic acids is 2. The van der Waals surface area contributed by atoms with Gasteiger partial charge in [0.15, 0.2) is 4.34 Å². The highest BCUT2D eigenvalue weighted by atomic mass is 35.5. The van der Waals surface area contributed by atoms with E-state index in [0.717, 1.165) is 59.3 Å². The smallest absolute Gasteiger partial charge is 0.412 e. The number of hydrogen-bond acceptors (Lipinski definition) is 9. The molecule has 9 nitrogen and oxygen atoms in total. The normalized spacial score (nSPS) is 18.7. The number of benzene rings is 2. The Kier molecular flexibility index (Phi) is 11.7. The van der Waals surface area contributed by atoms with Gasteiger partial charge in [-0.1, -0.05) is 53.2 Å².